The molecule has 2 aromatic rings. The van der Waals surface area contributed by atoms with Gasteiger partial charge >= 0.3 is 0 Å². The molecule has 136 valence electrons. The van der Waals surface area contributed by atoms with Gasteiger partial charge in [0.05, 0.1) is 13.7 Å². The highest BCUT2D eigenvalue weighted by molar-refractivity contribution is 5.90. The molecule has 2 aromatic carbocycles. The van der Waals surface area contributed by atoms with Crippen molar-refractivity contribution >= 4 is 24.0 Å². The lowest BCUT2D eigenvalue weighted by molar-refractivity contribution is -0.116. The summed E-state index contributed by atoms with van der Waals surface area (Å²) in [4.78, 5) is 14.2. The zero-order valence-electron chi connectivity index (χ0n) is 14.4. The average molecular weight is 365 g/mol. The molecule has 0 radical (unpaired) electrons. The molecule has 6 heteroatoms. The molecule has 5 nitrogen and oxygen atoms in total. The van der Waals surface area contributed by atoms with Crippen LogP contribution in [0.25, 0.3) is 0 Å². The third kappa shape index (κ3) is 7.56. The number of carbonyl (C=O) groups excluding carboxylic acids is 1. The lowest BCUT2D eigenvalue weighted by Crippen LogP contribution is -2.30. The second-order valence-electron chi connectivity index (χ2n) is 5.51. The monoisotopic (exact) mass is 364 g/mol. The Morgan fingerprint density at radius 1 is 1.08 bits per heavy atom. The van der Waals surface area contributed by atoms with Crippen molar-refractivity contribution in [1.82, 2.24) is 4.90 Å². The first-order valence-electron chi connectivity index (χ1n) is 8.02. The number of amides is 1. The van der Waals surface area contributed by atoms with Gasteiger partial charge in [-0.15, -0.1) is 12.4 Å². The number of methoxy groups -OCH3 is 1. The van der Waals surface area contributed by atoms with E-state index in [-0.39, 0.29) is 24.9 Å². The summed E-state index contributed by atoms with van der Waals surface area (Å²) < 4.78 is 5.09. The molecule has 0 atom stereocenters. The Morgan fingerprint density at radius 3 is 2.36 bits per heavy atom. The van der Waals surface area contributed by atoms with E-state index in [1.54, 1.807) is 7.11 Å². The number of halogens is 1. The lowest BCUT2D eigenvalue weighted by atomic mass is 10.2. The van der Waals surface area contributed by atoms with Crippen molar-refractivity contribution in [2.24, 2.45) is 0 Å². The largest absolute Gasteiger partial charge is 0.497 e. The number of hydrogen-bond donors (Lipinski definition) is 2. The van der Waals surface area contributed by atoms with Gasteiger partial charge in [-0.2, -0.15) is 0 Å². The minimum atomic E-state index is -0.0452. The van der Waals surface area contributed by atoms with Crippen LogP contribution in [0, 0.1) is 0 Å². The Morgan fingerprint density at radius 2 is 1.76 bits per heavy atom. The quantitative estimate of drug-likeness (QED) is 0.718. The zero-order chi connectivity index (χ0) is 17.2. The number of nitrogens with one attached hydrogen (secondary N) is 1. The van der Waals surface area contributed by atoms with E-state index in [0.29, 0.717) is 19.5 Å². The number of carbonyl (C=O) groups is 1. The SMILES string of the molecule is COc1ccc(NC(=O)CCN(CCO)Cc2ccccc2)cc1.Cl. The molecular formula is C19H25ClN2O3. The standard InChI is InChI=1S/C19H24N2O3.ClH/c1-24-18-9-7-17(8-10-18)20-19(23)11-12-21(13-14-22)15-16-5-3-2-4-6-16;/h2-10,22H,11-15H2,1H3,(H,20,23);1H. The maximum atomic E-state index is 12.1. The van der Waals surface area contributed by atoms with Gasteiger partial charge in [0, 0.05) is 31.7 Å². The van der Waals surface area contributed by atoms with Crippen molar-refractivity contribution in [3.8, 4) is 5.75 Å². The molecule has 0 unspecified atom stereocenters. The second-order valence-corrected chi connectivity index (χ2v) is 5.51. The van der Waals surface area contributed by atoms with Crippen LogP contribution in [0.15, 0.2) is 54.6 Å². The summed E-state index contributed by atoms with van der Waals surface area (Å²) in [6, 6.07) is 17.3. The molecule has 2 N–H and O–H groups in total. The number of hydrogen-bond acceptors (Lipinski definition) is 4. The van der Waals surface area contributed by atoms with E-state index in [0.717, 1.165) is 18.0 Å². The third-order valence-corrected chi connectivity index (χ3v) is 3.69. The molecule has 2 rings (SSSR count). The van der Waals surface area contributed by atoms with Crippen molar-refractivity contribution in [1.29, 1.82) is 0 Å². The van der Waals surface area contributed by atoms with Gasteiger partial charge in [0.25, 0.3) is 0 Å². The Labute approximate surface area is 155 Å². The maximum Gasteiger partial charge on any atom is 0.225 e. The first-order valence-corrected chi connectivity index (χ1v) is 8.02. The number of aliphatic hydroxyl groups is 1. The van der Waals surface area contributed by atoms with Crippen molar-refractivity contribution in [2.45, 2.75) is 13.0 Å². The molecular weight excluding hydrogens is 340 g/mol. The van der Waals surface area contributed by atoms with E-state index < -0.39 is 0 Å². The number of benzene rings is 2. The first kappa shape index (κ1) is 21.0. The van der Waals surface area contributed by atoms with Crippen LogP contribution in [0.5, 0.6) is 5.75 Å². The lowest BCUT2D eigenvalue weighted by Gasteiger charge is -2.21. The predicted octanol–water partition coefficient (Wildman–Crippen LogP) is 2.94. The van der Waals surface area contributed by atoms with Gasteiger partial charge in [0.15, 0.2) is 0 Å². The van der Waals surface area contributed by atoms with Gasteiger partial charge < -0.3 is 15.2 Å². The van der Waals surface area contributed by atoms with Crippen LogP contribution >= 0.6 is 12.4 Å². The molecule has 0 spiro atoms. The molecule has 1 amide bonds. The van der Waals surface area contributed by atoms with Gasteiger partial charge in [-0.1, -0.05) is 30.3 Å². The minimum Gasteiger partial charge on any atom is -0.497 e. The minimum absolute atomic E-state index is 0. The predicted molar refractivity (Wildman–Crippen MR) is 102 cm³/mol. The van der Waals surface area contributed by atoms with E-state index in [4.69, 9.17) is 4.74 Å². The molecule has 0 bridgehead atoms. The van der Waals surface area contributed by atoms with E-state index >= 15 is 0 Å². The zero-order valence-corrected chi connectivity index (χ0v) is 15.2. The van der Waals surface area contributed by atoms with Crippen LogP contribution in [-0.4, -0.2) is 42.7 Å². The molecule has 0 aliphatic heterocycles. The van der Waals surface area contributed by atoms with Crippen LogP contribution in [-0.2, 0) is 11.3 Å². The third-order valence-electron chi connectivity index (χ3n) is 3.69. The fourth-order valence-corrected chi connectivity index (χ4v) is 2.41. The van der Waals surface area contributed by atoms with Crippen LogP contribution in [0.4, 0.5) is 5.69 Å². The van der Waals surface area contributed by atoms with Crippen LogP contribution in [0.1, 0.15) is 12.0 Å². The van der Waals surface area contributed by atoms with Crippen LogP contribution in [0.3, 0.4) is 0 Å². The fraction of sp³-hybridized carbons (Fsp3) is 0.316. The van der Waals surface area contributed by atoms with E-state index in [1.165, 1.54) is 5.56 Å². The molecule has 0 saturated heterocycles. The van der Waals surface area contributed by atoms with Gasteiger partial charge in [-0.05, 0) is 29.8 Å². The summed E-state index contributed by atoms with van der Waals surface area (Å²) in [6.07, 6.45) is 0.374. The Bertz CT molecular complexity index is 620. The highest BCUT2D eigenvalue weighted by atomic mass is 35.5. The van der Waals surface area contributed by atoms with Crippen molar-refractivity contribution in [3.05, 3.63) is 60.2 Å². The number of anilines is 1. The van der Waals surface area contributed by atoms with Crippen molar-refractivity contribution in [3.63, 3.8) is 0 Å². The van der Waals surface area contributed by atoms with Gasteiger partial charge in [0.1, 0.15) is 5.75 Å². The highest BCUT2D eigenvalue weighted by Crippen LogP contribution is 2.15. The molecule has 0 heterocycles. The van der Waals surface area contributed by atoms with Crippen LogP contribution in [0.2, 0.25) is 0 Å². The normalized spacial score (nSPS) is 10.2. The summed E-state index contributed by atoms with van der Waals surface area (Å²) in [5, 5.41) is 12.1. The summed E-state index contributed by atoms with van der Waals surface area (Å²) >= 11 is 0. The molecule has 0 aromatic heterocycles. The molecule has 0 fully saturated rings. The summed E-state index contributed by atoms with van der Waals surface area (Å²) in [5.74, 6) is 0.709. The van der Waals surface area contributed by atoms with E-state index in [2.05, 4.69) is 10.2 Å². The van der Waals surface area contributed by atoms with E-state index in [9.17, 15) is 9.90 Å². The van der Waals surface area contributed by atoms with Crippen molar-refractivity contribution in [2.75, 3.05) is 32.1 Å². The maximum absolute atomic E-state index is 12.1. The average Bonchev–Trinajstić information content (AvgIpc) is 2.61. The Balaban J connectivity index is 0.00000312. The van der Waals surface area contributed by atoms with Crippen LogP contribution < -0.4 is 10.1 Å². The van der Waals surface area contributed by atoms with E-state index in [1.807, 2.05) is 54.6 Å². The second kappa shape index (κ2) is 11.5. The first-order chi connectivity index (χ1) is 11.7. The smallest absolute Gasteiger partial charge is 0.225 e. The number of rotatable bonds is 9. The molecule has 25 heavy (non-hydrogen) atoms. The highest BCUT2D eigenvalue weighted by Gasteiger charge is 2.09. The molecule has 0 aliphatic rings. The Hall–Kier alpha value is -2.08. The molecule has 0 aliphatic carbocycles. The van der Waals surface area contributed by atoms with Gasteiger partial charge in [-0.3, -0.25) is 9.69 Å². The number of nitrogens with zero attached hydrogens (tertiary/aromatic N) is 1. The summed E-state index contributed by atoms with van der Waals surface area (Å²) in [5.41, 5.74) is 1.92. The summed E-state index contributed by atoms with van der Waals surface area (Å²) in [7, 11) is 1.61. The van der Waals surface area contributed by atoms with Gasteiger partial charge in [-0.25, -0.2) is 0 Å². The van der Waals surface area contributed by atoms with Crippen molar-refractivity contribution < 1.29 is 14.6 Å². The molecule has 0 saturated carbocycles. The topological polar surface area (TPSA) is 61.8 Å². The fourth-order valence-electron chi connectivity index (χ4n) is 2.41. The number of aliphatic hydroxyl groups excluding tert-OH is 1. The Kier molecular flexibility index (Phi) is 9.62. The summed E-state index contributed by atoms with van der Waals surface area (Å²) in [6.45, 7) is 1.94. The number of ether oxygens (including phenoxy) is 1. The van der Waals surface area contributed by atoms with Gasteiger partial charge in [0.2, 0.25) is 5.91 Å².